The lowest BCUT2D eigenvalue weighted by atomic mass is 10.1. The first-order chi connectivity index (χ1) is 8.99. The number of β-amino-alcohol motifs (C(OH)–C–C–N with tert-alkyl or cyclic N) is 1. The Bertz CT molecular complexity index is 466. The lowest BCUT2D eigenvalue weighted by molar-refractivity contribution is 0.191. The van der Waals surface area contributed by atoms with Gasteiger partial charge in [-0.05, 0) is 32.6 Å². The van der Waals surface area contributed by atoms with Crippen LogP contribution in [0.1, 0.15) is 12.0 Å². The van der Waals surface area contributed by atoms with Crippen molar-refractivity contribution < 1.29 is 5.11 Å². The normalized spacial score (nSPS) is 23.1. The molecule has 1 fully saturated rings. The summed E-state index contributed by atoms with van der Waals surface area (Å²) in [5, 5.41) is 9.92. The number of aliphatic hydroxyl groups excluding tert-OH is 1. The van der Waals surface area contributed by atoms with Gasteiger partial charge in [0.2, 0.25) is 0 Å². The molecule has 5 nitrogen and oxygen atoms in total. The quantitative estimate of drug-likeness (QED) is 0.769. The molecule has 2 heterocycles. The van der Waals surface area contributed by atoms with Gasteiger partial charge in [-0.1, -0.05) is 12.2 Å². The third-order valence-electron chi connectivity index (χ3n) is 3.29. The van der Waals surface area contributed by atoms with Crippen molar-refractivity contribution in [3.05, 3.63) is 23.9 Å². The summed E-state index contributed by atoms with van der Waals surface area (Å²) in [7, 11) is 4.05. The smallest absolute Gasteiger partial charge is 0.139 e. The number of aromatic nitrogens is 1. The van der Waals surface area contributed by atoms with Gasteiger partial charge in [-0.3, -0.25) is 0 Å². The van der Waals surface area contributed by atoms with Crippen molar-refractivity contribution in [1.82, 2.24) is 9.88 Å². The van der Waals surface area contributed by atoms with Crippen molar-refractivity contribution in [2.24, 2.45) is 5.73 Å². The fourth-order valence-corrected chi connectivity index (χ4v) is 2.72. The first-order valence-electron chi connectivity index (χ1n) is 6.33. The van der Waals surface area contributed by atoms with Crippen LogP contribution in [0.4, 0.5) is 5.82 Å². The fourth-order valence-electron chi connectivity index (χ4n) is 2.56. The van der Waals surface area contributed by atoms with Crippen molar-refractivity contribution in [2.75, 3.05) is 32.1 Å². The first kappa shape index (κ1) is 14.2. The van der Waals surface area contributed by atoms with Crippen LogP contribution in [-0.4, -0.2) is 59.3 Å². The minimum absolute atomic E-state index is 0.230. The molecule has 1 aromatic rings. The molecule has 0 bridgehead atoms. The van der Waals surface area contributed by atoms with E-state index < -0.39 is 0 Å². The largest absolute Gasteiger partial charge is 0.391 e. The summed E-state index contributed by atoms with van der Waals surface area (Å²) < 4.78 is 0. The highest BCUT2D eigenvalue weighted by atomic mass is 32.1. The molecule has 1 saturated heterocycles. The maximum atomic E-state index is 9.92. The zero-order valence-corrected chi connectivity index (χ0v) is 12.1. The highest BCUT2D eigenvalue weighted by Crippen LogP contribution is 2.27. The summed E-state index contributed by atoms with van der Waals surface area (Å²) in [6, 6.07) is 3.93. The van der Waals surface area contributed by atoms with Crippen molar-refractivity contribution in [3.63, 3.8) is 0 Å². The third-order valence-corrected chi connectivity index (χ3v) is 3.51. The van der Waals surface area contributed by atoms with Crippen molar-refractivity contribution in [3.8, 4) is 0 Å². The van der Waals surface area contributed by atoms with E-state index in [0.717, 1.165) is 24.3 Å². The molecule has 19 heavy (non-hydrogen) atoms. The summed E-state index contributed by atoms with van der Waals surface area (Å²) in [6.45, 7) is 1.44. The number of likely N-dealkylation sites (N-methyl/N-ethyl adjacent to an activating group) is 1. The number of hydrogen-bond donors (Lipinski definition) is 2. The number of nitrogens with zero attached hydrogens (tertiary/aromatic N) is 3. The zero-order valence-electron chi connectivity index (χ0n) is 11.3. The van der Waals surface area contributed by atoms with E-state index in [2.05, 4.69) is 14.8 Å². The maximum absolute atomic E-state index is 9.92. The van der Waals surface area contributed by atoms with Gasteiger partial charge in [0.15, 0.2) is 0 Å². The van der Waals surface area contributed by atoms with Crippen LogP contribution in [0.3, 0.4) is 0 Å². The van der Waals surface area contributed by atoms with Crippen LogP contribution in [0.2, 0.25) is 0 Å². The first-order valence-corrected chi connectivity index (χ1v) is 6.74. The number of anilines is 1. The van der Waals surface area contributed by atoms with E-state index in [-0.39, 0.29) is 12.1 Å². The molecule has 0 aromatic carbocycles. The molecule has 2 atom stereocenters. The van der Waals surface area contributed by atoms with E-state index >= 15 is 0 Å². The number of pyridine rings is 1. The standard InChI is InChI=1S/C13H20N4OS/c1-16(2)7-9-6-10(18)8-17(9)13-11(12(14)19)4-3-5-15-13/h3-5,9-10,18H,6-8H2,1-2H3,(H2,14,19). The molecule has 2 rings (SSSR count). The Hall–Kier alpha value is -1.24. The van der Waals surface area contributed by atoms with Gasteiger partial charge in [-0.2, -0.15) is 0 Å². The summed E-state index contributed by atoms with van der Waals surface area (Å²) in [5.41, 5.74) is 6.53. The Kier molecular flexibility index (Phi) is 4.34. The second kappa shape index (κ2) is 5.81. The second-order valence-electron chi connectivity index (χ2n) is 5.20. The van der Waals surface area contributed by atoms with Crippen molar-refractivity contribution >= 4 is 23.0 Å². The van der Waals surface area contributed by atoms with Crippen LogP contribution >= 0.6 is 12.2 Å². The molecule has 1 aliphatic heterocycles. The third kappa shape index (κ3) is 3.20. The van der Waals surface area contributed by atoms with Gasteiger partial charge < -0.3 is 20.6 Å². The van der Waals surface area contributed by atoms with E-state index in [1.54, 1.807) is 6.20 Å². The minimum Gasteiger partial charge on any atom is -0.391 e. The number of hydrogen-bond acceptors (Lipinski definition) is 5. The highest BCUT2D eigenvalue weighted by molar-refractivity contribution is 7.80. The summed E-state index contributed by atoms with van der Waals surface area (Å²) in [4.78, 5) is 8.96. The molecular formula is C13H20N4OS. The summed E-state index contributed by atoms with van der Waals surface area (Å²) in [6.07, 6.45) is 2.14. The SMILES string of the molecule is CN(C)CC1CC(O)CN1c1ncccc1C(N)=S. The molecular weight excluding hydrogens is 260 g/mol. The predicted molar refractivity (Wildman–Crippen MR) is 80.4 cm³/mol. The van der Waals surface area contributed by atoms with Gasteiger partial charge >= 0.3 is 0 Å². The Labute approximate surface area is 119 Å². The molecule has 1 aliphatic rings. The van der Waals surface area contributed by atoms with Crippen LogP contribution < -0.4 is 10.6 Å². The molecule has 0 saturated carbocycles. The Morgan fingerprint density at radius 2 is 2.37 bits per heavy atom. The van der Waals surface area contributed by atoms with Crippen LogP contribution in [0.25, 0.3) is 0 Å². The van der Waals surface area contributed by atoms with E-state index in [0.29, 0.717) is 11.5 Å². The number of nitrogens with two attached hydrogens (primary N) is 1. The predicted octanol–water partition coefficient (Wildman–Crippen LogP) is 0.217. The molecule has 6 heteroatoms. The highest BCUT2D eigenvalue weighted by Gasteiger charge is 2.33. The Balaban J connectivity index is 2.31. The molecule has 1 aromatic heterocycles. The van der Waals surface area contributed by atoms with Gasteiger partial charge in [0.1, 0.15) is 10.8 Å². The van der Waals surface area contributed by atoms with Crippen LogP contribution in [0.5, 0.6) is 0 Å². The number of aliphatic hydroxyl groups is 1. The van der Waals surface area contributed by atoms with Gasteiger partial charge in [0.25, 0.3) is 0 Å². The Morgan fingerprint density at radius 3 is 3.00 bits per heavy atom. The van der Waals surface area contributed by atoms with E-state index in [1.807, 2.05) is 26.2 Å². The summed E-state index contributed by atoms with van der Waals surface area (Å²) >= 11 is 5.08. The molecule has 3 N–H and O–H groups in total. The summed E-state index contributed by atoms with van der Waals surface area (Å²) in [5.74, 6) is 0.776. The molecule has 0 radical (unpaired) electrons. The van der Waals surface area contributed by atoms with E-state index in [9.17, 15) is 5.11 Å². The maximum Gasteiger partial charge on any atom is 0.139 e. The van der Waals surface area contributed by atoms with Gasteiger partial charge in [0.05, 0.1) is 11.7 Å². The molecule has 0 spiro atoms. The monoisotopic (exact) mass is 280 g/mol. The van der Waals surface area contributed by atoms with Crippen LogP contribution in [-0.2, 0) is 0 Å². The van der Waals surface area contributed by atoms with E-state index in [4.69, 9.17) is 18.0 Å². The second-order valence-corrected chi connectivity index (χ2v) is 5.64. The number of rotatable bonds is 4. The van der Waals surface area contributed by atoms with Crippen LogP contribution in [0.15, 0.2) is 18.3 Å². The van der Waals surface area contributed by atoms with E-state index in [1.165, 1.54) is 0 Å². The fraction of sp³-hybridized carbons (Fsp3) is 0.538. The molecule has 0 aliphatic carbocycles. The average Bonchev–Trinajstić information content (AvgIpc) is 2.69. The molecule has 104 valence electrons. The minimum atomic E-state index is -0.328. The molecule has 0 amide bonds. The van der Waals surface area contributed by atoms with Crippen molar-refractivity contribution in [1.29, 1.82) is 0 Å². The lowest BCUT2D eigenvalue weighted by Crippen LogP contribution is -2.39. The Morgan fingerprint density at radius 1 is 1.63 bits per heavy atom. The molecule has 2 unspecified atom stereocenters. The average molecular weight is 280 g/mol. The van der Waals surface area contributed by atoms with Gasteiger partial charge in [0, 0.05) is 25.3 Å². The zero-order chi connectivity index (χ0) is 14.0. The van der Waals surface area contributed by atoms with Gasteiger partial charge in [-0.15, -0.1) is 0 Å². The van der Waals surface area contributed by atoms with Crippen LogP contribution in [0, 0.1) is 0 Å². The van der Waals surface area contributed by atoms with Gasteiger partial charge in [-0.25, -0.2) is 4.98 Å². The van der Waals surface area contributed by atoms with Crippen molar-refractivity contribution in [2.45, 2.75) is 18.6 Å². The topological polar surface area (TPSA) is 65.6 Å². The lowest BCUT2D eigenvalue weighted by Gasteiger charge is -2.29. The number of thiocarbonyl (C=S) groups is 1.